The first-order valence-corrected chi connectivity index (χ1v) is 9.50. The van der Waals surface area contributed by atoms with Gasteiger partial charge in [-0.3, -0.25) is 24.3 Å². The summed E-state index contributed by atoms with van der Waals surface area (Å²) >= 11 is 1.14. The predicted molar refractivity (Wildman–Crippen MR) is 109 cm³/mol. The number of nitrogens with one attached hydrogen (secondary N) is 1. The smallest absolute Gasteiger partial charge is 0.292 e. The van der Waals surface area contributed by atoms with Crippen LogP contribution in [0.2, 0.25) is 0 Å². The molecule has 9 heteroatoms. The molecule has 3 rings (SSSR count). The molecular weight excluding hydrogens is 380 g/mol. The minimum absolute atomic E-state index is 0.129. The van der Waals surface area contributed by atoms with Gasteiger partial charge in [0.15, 0.2) is 5.16 Å². The zero-order valence-corrected chi connectivity index (χ0v) is 16.1. The molecule has 1 atom stereocenters. The topological polar surface area (TPSA) is 107 Å². The largest absolute Gasteiger partial charge is 0.319 e. The van der Waals surface area contributed by atoms with Gasteiger partial charge in [0.25, 0.3) is 11.2 Å². The molecule has 1 aromatic heterocycles. The Bertz CT molecular complexity index is 1110. The second-order valence-electron chi connectivity index (χ2n) is 5.98. The van der Waals surface area contributed by atoms with E-state index in [-0.39, 0.29) is 16.9 Å². The number of rotatable bonds is 6. The first kappa shape index (κ1) is 19.6. The Morgan fingerprint density at radius 1 is 1.25 bits per heavy atom. The molecule has 0 bridgehead atoms. The maximum absolute atomic E-state index is 12.7. The van der Waals surface area contributed by atoms with E-state index in [9.17, 15) is 19.7 Å². The van der Waals surface area contributed by atoms with Gasteiger partial charge in [-0.15, -0.1) is 0 Å². The van der Waals surface area contributed by atoms with Gasteiger partial charge in [0, 0.05) is 12.6 Å². The summed E-state index contributed by atoms with van der Waals surface area (Å²) in [6, 6.07) is 13.0. The molecule has 0 unspecified atom stereocenters. The van der Waals surface area contributed by atoms with Crippen molar-refractivity contribution in [2.45, 2.75) is 30.8 Å². The van der Waals surface area contributed by atoms with Crippen molar-refractivity contribution < 1.29 is 9.72 Å². The second kappa shape index (κ2) is 8.22. The molecule has 1 amide bonds. The highest BCUT2D eigenvalue weighted by molar-refractivity contribution is 8.00. The average molecular weight is 398 g/mol. The van der Waals surface area contributed by atoms with Crippen molar-refractivity contribution in [1.29, 1.82) is 0 Å². The maximum Gasteiger partial charge on any atom is 0.292 e. The van der Waals surface area contributed by atoms with Crippen LogP contribution in [0.4, 0.5) is 11.4 Å². The SMILES string of the molecule is CCn1c(S[C@H](C)C(=O)Nc2ccccc2[N+](=O)[O-])nc2ccccc2c1=O. The molecule has 3 aromatic rings. The van der Waals surface area contributed by atoms with E-state index in [0.29, 0.717) is 22.6 Å². The molecule has 28 heavy (non-hydrogen) atoms. The summed E-state index contributed by atoms with van der Waals surface area (Å²) in [6.07, 6.45) is 0. The number of para-hydroxylation sites is 3. The Morgan fingerprint density at radius 2 is 1.93 bits per heavy atom. The number of aromatic nitrogens is 2. The highest BCUT2D eigenvalue weighted by atomic mass is 32.2. The van der Waals surface area contributed by atoms with Crippen LogP contribution < -0.4 is 10.9 Å². The van der Waals surface area contributed by atoms with Crippen molar-refractivity contribution in [3.8, 4) is 0 Å². The van der Waals surface area contributed by atoms with E-state index in [4.69, 9.17) is 0 Å². The molecule has 0 fully saturated rings. The van der Waals surface area contributed by atoms with Crippen LogP contribution in [0.5, 0.6) is 0 Å². The quantitative estimate of drug-likeness (QED) is 0.295. The fourth-order valence-electron chi connectivity index (χ4n) is 2.70. The minimum Gasteiger partial charge on any atom is -0.319 e. The lowest BCUT2D eigenvalue weighted by Gasteiger charge is -2.15. The summed E-state index contributed by atoms with van der Waals surface area (Å²) in [4.78, 5) is 40.3. The van der Waals surface area contributed by atoms with Gasteiger partial charge >= 0.3 is 0 Å². The summed E-state index contributed by atoms with van der Waals surface area (Å²) in [5.41, 5.74) is 0.347. The molecule has 144 valence electrons. The van der Waals surface area contributed by atoms with Gasteiger partial charge < -0.3 is 5.32 Å². The Hall–Kier alpha value is -3.20. The maximum atomic E-state index is 12.7. The lowest BCUT2D eigenvalue weighted by molar-refractivity contribution is -0.383. The van der Waals surface area contributed by atoms with Crippen molar-refractivity contribution in [2.24, 2.45) is 0 Å². The van der Waals surface area contributed by atoms with Crippen molar-refractivity contribution >= 4 is 39.9 Å². The second-order valence-corrected chi connectivity index (χ2v) is 7.29. The molecule has 8 nitrogen and oxygen atoms in total. The summed E-state index contributed by atoms with van der Waals surface area (Å²) in [7, 11) is 0. The number of anilines is 1. The molecule has 0 spiro atoms. The number of amides is 1. The standard InChI is InChI=1S/C19H18N4O4S/c1-3-22-18(25)13-8-4-5-9-14(13)21-19(22)28-12(2)17(24)20-15-10-6-7-11-16(15)23(26)27/h4-12H,3H2,1-2H3,(H,20,24)/t12-/m1/s1. The first-order valence-electron chi connectivity index (χ1n) is 8.63. The van der Waals surface area contributed by atoms with Crippen LogP contribution in [0.15, 0.2) is 58.5 Å². The molecule has 2 aromatic carbocycles. The van der Waals surface area contributed by atoms with Gasteiger partial charge in [-0.25, -0.2) is 4.98 Å². The first-order chi connectivity index (χ1) is 13.4. The lowest BCUT2D eigenvalue weighted by atomic mass is 10.2. The predicted octanol–water partition coefficient (Wildman–Crippen LogP) is 3.44. The zero-order chi connectivity index (χ0) is 20.3. The molecule has 0 saturated carbocycles. The number of carbonyl (C=O) groups is 1. The van der Waals surface area contributed by atoms with Crippen molar-refractivity contribution in [1.82, 2.24) is 9.55 Å². The van der Waals surface area contributed by atoms with E-state index in [1.807, 2.05) is 6.92 Å². The van der Waals surface area contributed by atoms with E-state index >= 15 is 0 Å². The summed E-state index contributed by atoms with van der Waals surface area (Å²) in [6.45, 7) is 3.91. The van der Waals surface area contributed by atoms with Crippen molar-refractivity contribution in [3.63, 3.8) is 0 Å². The van der Waals surface area contributed by atoms with Crippen LogP contribution in [-0.4, -0.2) is 25.6 Å². The highest BCUT2D eigenvalue weighted by Gasteiger charge is 2.22. The third-order valence-electron chi connectivity index (χ3n) is 4.15. The van der Waals surface area contributed by atoms with Crippen LogP contribution in [-0.2, 0) is 11.3 Å². The number of carbonyl (C=O) groups excluding carboxylic acids is 1. The Labute approximate surface area is 164 Å². The average Bonchev–Trinajstić information content (AvgIpc) is 2.68. The van der Waals surface area contributed by atoms with E-state index in [0.717, 1.165) is 11.8 Å². The minimum atomic E-state index is -0.620. The molecule has 1 heterocycles. The monoisotopic (exact) mass is 398 g/mol. The van der Waals surface area contributed by atoms with Crippen LogP contribution in [0.3, 0.4) is 0 Å². The van der Waals surface area contributed by atoms with Crippen LogP contribution in [0.25, 0.3) is 10.9 Å². The Balaban J connectivity index is 1.87. The number of fused-ring (bicyclic) bond motifs is 1. The van der Waals surface area contributed by atoms with Gasteiger partial charge in [-0.2, -0.15) is 0 Å². The molecule has 0 aliphatic carbocycles. The van der Waals surface area contributed by atoms with E-state index in [1.165, 1.54) is 22.8 Å². The Morgan fingerprint density at radius 3 is 2.64 bits per heavy atom. The fourth-order valence-corrected chi connectivity index (χ4v) is 3.67. The summed E-state index contributed by atoms with van der Waals surface area (Å²) in [5.74, 6) is -0.413. The van der Waals surface area contributed by atoms with Crippen LogP contribution >= 0.6 is 11.8 Å². The number of nitro benzene ring substituents is 1. The number of nitrogens with zero attached hydrogens (tertiary/aromatic N) is 3. The Kier molecular flexibility index (Phi) is 5.74. The number of hydrogen-bond donors (Lipinski definition) is 1. The number of nitro groups is 1. The third-order valence-corrected chi connectivity index (χ3v) is 5.24. The molecule has 0 aliphatic rings. The van der Waals surface area contributed by atoms with Crippen molar-refractivity contribution in [3.05, 3.63) is 69.0 Å². The number of hydrogen-bond acceptors (Lipinski definition) is 6. The van der Waals surface area contributed by atoms with Gasteiger partial charge in [0.05, 0.1) is 21.1 Å². The molecule has 1 N–H and O–H groups in total. The molecule has 0 radical (unpaired) electrons. The van der Waals surface area contributed by atoms with Gasteiger partial charge in [0.2, 0.25) is 5.91 Å². The van der Waals surface area contributed by atoms with Crippen LogP contribution in [0.1, 0.15) is 13.8 Å². The lowest BCUT2D eigenvalue weighted by Crippen LogP contribution is -2.26. The summed E-state index contributed by atoms with van der Waals surface area (Å²) < 4.78 is 1.52. The van der Waals surface area contributed by atoms with Crippen molar-refractivity contribution in [2.75, 3.05) is 5.32 Å². The molecule has 0 saturated heterocycles. The van der Waals surface area contributed by atoms with E-state index in [2.05, 4.69) is 10.3 Å². The summed E-state index contributed by atoms with van der Waals surface area (Å²) in [5, 5.41) is 14.0. The normalized spacial score (nSPS) is 11.9. The van der Waals surface area contributed by atoms with Crippen LogP contribution in [0, 0.1) is 10.1 Å². The van der Waals surface area contributed by atoms with E-state index in [1.54, 1.807) is 37.3 Å². The number of thioether (sulfide) groups is 1. The molecule has 0 aliphatic heterocycles. The highest BCUT2D eigenvalue weighted by Crippen LogP contribution is 2.27. The fraction of sp³-hybridized carbons (Fsp3) is 0.211. The zero-order valence-electron chi connectivity index (χ0n) is 15.3. The van der Waals surface area contributed by atoms with E-state index < -0.39 is 16.1 Å². The van der Waals surface area contributed by atoms with Gasteiger partial charge in [-0.05, 0) is 32.0 Å². The third kappa shape index (κ3) is 3.89. The molecular formula is C19H18N4O4S. The van der Waals surface area contributed by atoms with Gasteiger partial charge in [-0.1, -0.05) is 36.0 Å². The number of benzene rings is 2. The van der Waals surface area contributed by atoms with Gasteiger partial charge in [0.1, 0.15) is 5.69 Å².